The molecule has 4 aromatic carbocycles. The lowest BCUT2D eigenvalue weighted by atomic mass is 10.0. The highest BCUT2D eigenvalue weighted by Crippen LogP contribution is 2.26. The van der Waals surface area contributed by atoms with Crippen molar-refractivity contribution < 1.29 is 22.4 Å². The Morgan fingerprint density at radius 1 is 0.837 bits per heavy atom. The van der Waals surface area contributed by atoms with Crippen LogP contribution in [-0.2, 0) is 32.6 Å². The van der Waals surface area contributed by atoms with Crippen LogP contribution in [0.5, 0.6) is 0 Å². The number of benzene rings is 4. The summed E-state index contributed by atoms with van der Waals surface area (Å²) in [6.45, 7) is 2.70. The van der Waals surface area contributed by atoms with Crippen molar-refractivity contribution in [2.24, 2.45) is 0 Å². The van der Waals surface area contributed by atoms with E-state index in [1.54, 1.807) is 38.1 Å². The first kappa shape index (κ1) is 31.7. The second-order valence-corrected chi connectivity index (χ2v) is 12.6. The van der Waals surface area contributed by atoms with Gasteiger partial charge in [-0.05, 0) is 61.9 Å². The molecule has 7 nitrogen and oxygen atoms in total. The number of nitrogens with zero attached hydrogens (tertiary/aromatic N) is 2. The molecule has 0 radical (unpaired) electrons. The summed E-state index contributed by atoms with van der Waals surface area (Å²) in [6, 6.07) is 27.6. The molecule has 224 valence electrons. The predicted molar refractivity (Wildman–Crippen MR) is 167 cm³/mol. The van der Waals surface area contributed by atoms with Crippen molar-refractivity contribution >= 4 is 39.1 Å². The molecule has 2 amide bonds. The minimum atomic E-state index is -4.23. The summed E-state index contributed by atoms with van der Waals surface area (Å²) in [5.74, 6) is -1.67. The third kappa shape index (κ3) is 8.21. The quantitative estimate of drug-likeness (QED) is 0.215. The second kappa shape index (κ2) is 14.3. The molecule has 43 heavy (non-hydrogen) atoms. The SMILES string of the molecule is CC(C)NC(=O)[C@H](Cc1ccccc1)N(Cc1ccccc1F)C(=O)CN(c1ccc(Cl)cc1)S(=O)(=O)c1ccccc1. The monoisotopic (exact) mass is 621 g/mol. The van der Waals surface area contributed by atoms with E-state index in [-0.39, 0.29) is 35.2 Å². The molecule has 1 N–H and O–H groups in total. The van der Waals surface area contributed by atoms with Crippen LogP contribution in [0.3, 0.4) is 0 Å². The molecule has 0 fully saturated rings. The molecular weight excluding hydrogens is 589 g/mol. The summed E-state index contributed by atoms with van der Waals surface area (Å²) in [4.78, 5) is 29.2. The Kier molecular flexibility index (Phi) is 10.6. The summed E-state index contributed by atoms with van der Waals surface area (Å²) in [6.07, 6.45) is 0.131. The van der Waals surface area contributed by atoms with Crippen LogP contribution < -0.4 is 9.62 Å². The van der Waals surface area contributed by atoms with E-state index in [4.69, 9.17) is 11.6 Å². The lowest BCUT2D eigenvalue weighted by Gasteiger charge is -2.34. The molecule has 0 saturated carbocycles. The Bertz CT molecular complexity index is 1640. The molecule has 0 aliphatic heterocycles. The molecule has 0 aromatic heterocycles. The van der Waals surface area contributed by atoms with Crippen molar-refractivity contribution in [1.82, 2.24) is 10.2 Å². The molecule has 0 aliphatic rings. The highest BCUT2D eigenvalue weighted by molar-refractivity contribution is 7.92. The van der Waals surface area contributed by atoms with Crippen LogP contribution in [0.15, 0.2) is 114 Å². The first-order valence-electron chi connectivity index (χ1n) is 13.8. The molecule has 0 heterocycles. The Balaban J connectivity index is 1.80. The van der Waals surface area contributed by atoms with Gasteiger partial charge in [0.25, 0.3) is 10.0 Å². The van der Waals surface area contributed by atoms with Gasteiger partial charge >= 0.3 is 0 Å². The third-order valence-electron chi connectivity index (χ3n) is 6.73. The van der Waals surface area contributed by atoms with E-state index in [9.17, 15) is 22.4 Å². The highest BCUT2D eigenvalue weighted by atomic mass is 35.5. The maximum atomic E-state index is 14.9. The summed E-state index contributed by atoms with van der Waals surface area (Å²) in [7, 11) is -4.23. The van der Waals surface area contributed by atoms with Crippen LogP contribution in [0, 0.1) is 5.82 Å². The molecule has 0 aliphatic carbocycles. The maximum absolute atomic E-state index is 14.9. The van der Waals surface area contributed by atoms with Crippen molar-refractivity contribution in [3.05, 3.63) is 131 Å². The van der Waals surface area contributed by atoms with E-state index in [1.165, 1.54) is 59.5 Å². The number of nitrogens with one attached hydrogen (secondary N) is 1. The van der Waals surface area contributed by atoms with Gasteiger partial charge in [0, 0.05) is 29.6 Å². The molecule has 4 aromatic rings. The summed E-state index contributed by atoms with van der Waals surface area (Å²) in [5, 5.41) is 3.26. The van der Waals surface area contributed by atoms with Crippen LogP contribution in [0.25, 0.3) is 0 Å². The first-order valence-corrected chi connectivity index (χ1v) is 15.6. The minimum Gasteiger partial charge on any atom is -0.352 e. The maximum Gasteiger partial charge on any atom is 0.264 e. The Morgan fingerprint density at radius 2 is 1.42 bits per heavy atom. The van der Waals surface area contributed by atoms with Gasteiger partial charge in [0.05, 0.1) is 10.6 Å². The van der Waals surface area contributed by atoms with Gasteiger partial charge in [-0.2, -0.15) is 0 Å². The smallest absolute Gasteiger partial charge is 0.264 e. The average molecular weight is 622 g/mol. The van der Waals surface area contributed by atoms with Gasteiger partial charge in [-0.1, -0.05) is 78.3 Å². The van der Waals surface area contributed by atoms with Crippen molar-refractivity contribution in [2.75, 3.05) is 10.8 Å². The minimum absolute atomic E-state index is 0.0169. The summed E-state index contributed by atoms with van der Waals surface area (Å²) in [5.41, 5.74) is 1.18. The van der Waals surface area contributed by atoms with Crippen molar-refractivity contribution in [3.8, 4) is 0 Å². The van der Waals surface area contributed by atoms with Crippen molar-refractivity contribution in [2.45, 2.75) is 43.8 Å². The number of halogens is 2. The topological polar surface area (TPSA) is 86.8 Å². The van der Waals surface area contributed by atoms with E-state index in [0.29, 0.717) is 5.02 Å². The molecule has 4 rings (SSSR count). The van der Waals surface area contributed by atoms with Gasteiger partial charge in [0.1, 0.15) is 18.4 Å². The second-order valence-electron chi connectivity index (χ2n) is 10.3. The molecular formula is C33H33ClFN3O4S. The standard InChI is InChI=1S/C33H33ClFN3O4S/c1-24(2)36-33(40)31(21-25-11-5-3-6-12-25)37(22-26-13-9-10-16-30(26)35)32(39)23-38(28-19-17-27(34)18-20-28)43(41,42)29-14-7-4-8-15-29/h3-20,24,31H,21-23H2,1-2H3,(H,36,40)/t31-/m0/s1. The van der Waals surface area contributed by atoms with E-state index in [0.717, 1.165) is 9.87 Å². The highest BCUT2D eigenvalue weighted by Gasteiger charge is 2.35. The molecule has 0 unspecified atom stereocenters. The molecule has 10 heteroatoms. The Labute approximate surface area is 257 Å². The zero-order chi connectivity index (χ0) is 31.0. The van der Waals surface area contributed by atoms with Crippen molar-refractivity contribution in [1.29, 1.82) is 0 Å². The molecule has 0 bridgehead atoms. The summed E-state index contributed by atoms with van der Waals surface area (Å²) >= 11 is 6.08. The van der Waals surface area contributed by atoms with Crippen LogP contribution in [0.1, 0.15) is 25.0 Å². The van der Waals surface area contributed by atoms with Gasteiger partial charge in [-0.15, -0.1) is 0 Å². The number of hydrogen-bond acceptors (Lipinski definition) is 4. The lowest BCUT2D eigenvalue weighted by molar-refractivity contribution is -0.140. The normalized spacial score (nSPS) is 12.0. The first-order chi connectivity index (χ1) is 20.6. The van der Waals surface area contributed by atoms with Crippen LogP contribution >= 0.6 is 11.6 Å². The Hall–Kier alpha value is -4.21. The van der Waals surface area contributed by atoms with Crippen molar-refractivity contribution in [3.63, 3.8) is 0 Å². The van der Waals surface area contributed by atoms with E-state index >= 15 is 0 Å². The van der Waals surface area contributed by atoms with E-state index < -0.39 is 40.2 Å². The van der Waals surface area contributed by atoms with Crippen LogP contribution in [0.2, 0.25) is 5.02 Å². The molecule has 0 spiro atoms. The number of sulfonamides is 1. The van der Waals surface area contributed by atoms with Crippen LogP contribution in [-0.4, -0.2) is 43.8 Å². The number of hydrogen-bond donors (Lipinski definition) is 1. The summed E-state index contributed by atoms with van der Waals surface area (Å²) < 4.78 is 43.7. The van der Waals surface area contributed by atoms with Gasteiger partial charge in [0.15, 0.2) is 0 Å². The van der Waals surface area contributed by atoms with Gasteiger partial charge in [0.2, 0.25) is 11.8 Å². The largest absolute Gasteiger partial charge is 0.352 e. The van der Waals surface area contributed by atoms with Gasteiger partial charge in [-0.3, -0.25) is 13.9 Å². The van der Waals surface area contributed by atoms with Gasteiger partial charge in [-0.25, -0.2) is 12.8 Å². The predicted octanol–water partition coefficient (Wildman–Crippen LogP) is 5.84. The van der Waals surface area contributed by atoms with E-state index in [1.807, 2.05) is 30.3 Å². The fraction of sp³-hybridized carbons (Fsp3) is 0.212. The Morgan fingerprint density at radius 3 is 2.02 bits per heavy atom. The van der Waals surface area contributed by atoms with E-state index in [2.05, 4.69) is 5.32 Å². The van der Waals surface area contributed by atoms with Gasteiger partial charge < -0.3 is 10.2 Å². The average Bonchev–Trinajstić information content (AvgIpc) is 2.99. The lowest BCUT2D eigenvalue weighted by Crippen LogP contribution is -2.54. The number of rotatable bonds is 12. The fourth-order valence-electron chi connectivity index (χ4n) is 4.60. The number of carbonyl (C=O) groups is 2. The third-order valence-corrected chi connectivity index (χ3v) is 8.77. The molecule has 1 atom stereocenters. The number of carbonyl (C=O) groups excluding carboxylic acids is 2. The zero-order valence-electron chi connectivity index (χ0n) is 23.9. The molecule has 0 saturated heterocycles. The number of amides is 2. The number of anilines is 1. The fourth-order valence-corrected chi connectivity index (χ4v) is 6.16. The zero-order valence-corrected chi connectivity index (χ0v) is 25.4. The van der Waals surface area contributed by atoms with Crippen LogP contribution in [0.4, 0.5) is 10.1 Å².